The van der Waals surface area contributed by atoms with Gasteiger partial charge in [0.15, 0.2) is 0 Å². The average Bonchev–Trinajstić information content (AvgIpc) is 2.97. The van der Waals surface area contributed by atoms with Crippen LogP contribution in [0.5, 0.6) is 0 Å². The van der Waals surface area contributed by atoms with E-state index in [9.17, 15) is 10.1 Å². The number of aromatic nitrogens is 2. The van der Waals surface area contributed by atoms with E-state index < -0.39 is 0 Å². The van der Waals surface area contributed by atoms with Crippen molar-refractivity contribution < 1.29 is 4.92 Å². The predicted molar refractivity (Wildman–Crippen MR) is 80.3 cm³/mol. The molecule has 0 fully saturated rings. The second-order valence-electron chi connectivity index (χ2n) is 5.00. The minimum atomic E-state index is -0.355. The van der Waals surface area contributed by atoms with Crippen molar-refractivity contribution in [3.8, 4) is 0 Å². The summed E-state index contributed by atoms with van der Waals surface area (Å²) in [6, 6.07) is 3.98. The molecule has 0 amide bonds. The van der Waals surface area contributed by atoms with Gasteiger partial charge in [-0.3, -0.25) is 10.1 Å². The third-order valence-corrected chi connectivity index (χ3v) is 4.16. The zero-order valence-corrected chi connectivity index (χ0v) is 12.8. The second-order valence-corrected chi connectivity index (χ2v) is 5.98. The van der Waals surface area contributed by atoms with Crippen molar-refractivity contribution >= 4 is 22.8 Å². The van der Waals surface area contributed by atoms with Crippen LogP contribution in [0.2, 0.25) is 0 Å². The maximum Gasteiger partial charge on any atom is 0.334 e. The maximum atomic E-state index is 11.3. The molecule has 2 aromatic heterocycles. The Labute approximate surface area is 121 Å². The van der Waals surface area contributed by atoms with Gasteiger partial charge in [0, 0.05) is 17.8 Å². The lowest BCUT2D eigenvalue weighted by Gasteiger charge is -2.13. The molecular formula is C13H18N4O2S. The Balaban J connectivity index is 2.38. The van der Waals surface area contributed by atoms with Crippen LogP contribution in [0.4, 0.5) is 11.5 Å². The number of nitro groups is 1. The second kappa shape index (κ2) is 5.62. The molecule has 2 aromatic rings. The molecule has 0 aliphatic carbocycles. The molecule has 1 unspecified atom stereocenters. The van der Waals surface area contributed by atoms with E-state index in [0.29, 0.717) is 11.5 Å². The third-order valence-electron chi connectivity index (χ3n) is 3.10. The normalized spacial score (nSPS) is 12.7. The van der Waals surface area contributed by atoms with Crippen LogP contribution in [0.3, 0.4) is 0 Å². The van der Waals surface area contributed by atoms with Gasteiger partial charge >= 0.3 is 5.69 Å². The fourth-order valence-corrected chi connectivity index (χ4v) is 2.81. The summed E-state index contributed by atoms with van der Waals surface area (Å²) in [6.07, 6.45) is 0. The van der Waals surface area contributed by atoms with Gasteiger partial charge < -0.3 is 5.32 Å². The maximum absolute atomic E-state index is 11.3. The highest BCUT2D eigenvalue weighted by Gasteiger charge is 2.29. The van der Waals surface area contributed by atoms with E-state index in [1.54, 1.807) is 23.1 Å². The van der Waals surface area contributed by atoms with Crippen LogP contribution in [0.1, 0.15) is 43.3 Å². The molecule has 1 atom stereocenters. The van der Waals surface area contributed by atoms with Crippen molar-refractivity contribution in [2.75, 3.05) is 5.32 Å². The van der Waals surface area contributed by atoms with Crippen LogP contribution >= 0.6 is 11.3 Å². The summed E-state index contributed by atoms with van der Waals surface area (Å²) in [4.78, 5) is 12.1. The molecule has 2 rings (SSSR count). The van der Waals surface area contributed by atoms with E-state index in [1.807, 2.05) is 38.3 Å². The number of hydrogen-bond donors (Lipinski definition) is 1. The molecule has 0 saturated heterocycles. The monoisotopic (exact) mass is 294 g/mol. The quantitative estimate of drug-likeness (QED) is 0.674. The summed E-state index contributed by atoms with van der Waals surface area (Å²) in [6.45, 7) is 5.79. The van der Waals surface area contributed by atoms with Crippen LogP contribution in [0.15, 0.2) is 17.5 Å². The lowest BCUT2D eigenvalue weighted by molar-refractivity contribution is -0.384. The van der Waals surface area contributed by atoms with Crippen molar-refractivity contribution in [3.63, 3.8) is 0 Å². The molecule has 2 heterocycles. The first kappa shape index (κ1) is 14.5. The van der Waals surface area contributed by atoms with Gasteiger partial charge in [0.2, 0.25) is 5.82 Å². The molecule has 0 aliphatic rings. The van der Waals surface area contributed by atoms with Crippen molar-refractivity contribution in [1.82, 2.24) is 9.78 Å². The molecule has 0 bridgehead atoms. The van der Waals surface area contributed by atoms with Crippen LogP contribution in [-0.4, -0.2) is 14.7 Å². The summed E-state index contributed by atoms with van der Waals surface area (Å²) in [5.41, 5.74) is 0.587. The number of hydrogen-bond acceptors (Lipinski definition) is 5. The van der Waals surface area contributed by atoms with Gasteiger partial charge in [-0.15, -0.1) is 11.3 Å². The van der Waals surface area contributed by atoms with Gasteiger partial charge in [-0.1, -0.05) is 19.9 Å². The number of anilines is 1. The summed E-state index contributed by atoms with van der Waals surface area (Å²) in [5.74, 6) is 0.466. The SMILES string of the molecule is CC(C)c1nn(C)c(NC(C)c2cccs2)c1[N+](=O)[O-]. The van der Waals surface area contributed by atoms with Gasteiger partial charge in [-0.2, -0.15) is 5.10 Å². The molecular weight excluding hydrogens is 276 g/mol. The largest absolute Gasteiger partial charge is 0.357 e. The van der Waals surface area contributed by atoms with Crippen molar-refractivity contribution in [2.24, 2.45) is 7.05 Å². The summed E-state index contributed by atoms with van der Waals surface area (Å²) < 4.78 is 1.55. The van der Waals surface area contributed by atoms with E-state index in [0.717, 1.165) is 4.88 Å². The minimum absolute atomic E-state index is 0.00381. The van der Waals surface area contributed by atoms with E-state index in [4.69, 9.17) is 0 Å². The highest BCUT2D eigenvalue weighted by molar-refractivity contribution is 7.10. The Bertz CT molecular complexity index is 604. The third kappa shape index (κ3) is 2.67. The zero-order chi connectivity index (χ0) is 14.9. The number of nitrogens with zero attached hydrogens (tertiary/aromatic N) is 3. The Kier molecular flexibility index (Phi) is 4.08. The van der Waals surface area contributed by atoms with Gasteiger partial charge in [0.05, 0.1) is 11.0 Å². The van der Waals surface area contributed by atoms with Gasteiger partial charge in [0.1, 0.15) is 5.69 Å². The fraction of sp³-hybridized carbons (Fsp3) is 0.462. The fourth-order valence-electron chi connectivity index (χ4n) is 2.08. The lowest BCUT2D eigenvalue weighted by atomic mass is 10.1. The van der Waals surface area contributed by atoms with Crippen LogP contribution in [0, 0.1) is 10.1 Å². The Hall–Kier alpha value is -1.89. The Morgan fingerprint density at radius 1 is 1.45 bits per heavy atom. The average molecular weight is 294 g/mol. The van der Waals surface area contributed by atoms with Crippen molar-refractivity contribution in [1.29, 1.82) is 0 Å². The minimum Gasteiger partial charge on any atom is -0.357 e. The first-order chi connectivity index (χ1) is 9.41. The molecule has 0 aromatic carbocycles. The van der Waals surface area contributed by atoms with Crippen LogP contribution in [0.25, 0.3) is 0 Å². The van der Waals surface area contributed by atoms with Crippen LogP contribution < -0.4 is 5.32 Å². The number of thiophene rings is 1. The molecule has 108 valence electrons. The topological polar surface area (TPSA) is 73.0 Å². The molecule has 0 radical (unpaired) electrons. The standard InChI is InChI=1S/C13H18N4O2S/c1-8(2)11-12(17(18)19)13(16(4)15-11)14-9(3)10-6-5-7-20-10/h5-9,14H,1-4H3. The Morgan fingerprint density at radius 2 is 2.15 bits per heavy atom. The molecule has 6 nitrogen and oxygen atoms in total. The number of rotatable bonds is 5. The lowest BCUT2D eigenvalue weighted by Crippen LogP contribution is -2.10. The van der Waals surface area contributed by atoms with Crippen molar-refractivity contribution in [2.45, 2.75) is 32.7 Å². The molecule has 20 heavy (non-hydrogen) atoms. The van der Waals surface area contributed by atoms with Crippen LogP contribution in [-0.2, 0) is 7.05 Å². The zero-order valence-electron chi connectivity index (χ0n) is 12.0. The highest BCUT2D eigenvalue weighted by Crippen LogP contribution is 2.35. The summed E-state index contributed by atoms with van der Waals surface area (Å²) in [5, 5.41) is 20.8. The molecule has 0 spiro atoms. The number of aryl methyl sites for hydroxylation is 1. The highest BCUT2D eigenvalue weighted by atomic mass is 32.1. The van der Waals surface area contributed by atoms with Gasteiger partial charge in [-0.25, -0.2) is 4.68 Å². The van der Waals surface area contributed by atoms with Crippen molar-refractivity contribution in [3.05, 3.63) is 38.2 Å². The molecule has 7 heteroatoms. The van der Waals surface area contributed by atoms with E-state index in [1.165, 1.54) is 0 Å². The smallest absolute Gasteiger partial charge is 0.334 e. The van der Waals surface area contributed by atoms with E-state index >= 15 is 0 Å². The molecule has 0 aliphatic heterocycles. The van der Waals surface area contributed by atoms with Gasteiger partial charge in [0.25, 0.3) is 0 Å². The van der Waals surface area contributed by atoms with Gasteiger partial charge in [-0.05, 0) is 18.4 Å². The Morgan fingerprint density at radius 3 is 2.65 bits per heavy atom. The first-order valence-electron chi connectivity index (χ1n) is 6.43. The summed E-state index contributed by atoms with van der Waals surface area (Å²) >= 11 is 1.62. The van der Waals surface area contributed by atoms with E-state index in [-0.39, 0.29) is 22.6 Å². The first-order valence-corrected chi connectivity index (χ1v) is 7.31. The van der Waals surface area contributed by atoms with E-state index in [2.05, 4.69) is 10.4 Å². The summed E-state index contributed by atoms with van der Waals surface area (Å²) in [7, 11) is 1.72. The number of nitrogens with one attached hydrogen (secondary N) is 1. The predicted octanol–water partition coefficient (Wildman–Crippen LogP) is 3.69. The molecule has 0 saturated carbocycles. The molecule has 1 N–H and O–H groups in total.